The third kappa shape index (κ3) is 4.55. The van der Waals surface area contributed by atoms with Crippen molar-refractivity contribution in [3.05, 3.63) is 24.8 Å². The molecule has 0 aromatic carbocycles. The van der Waals surface area contributed by atoms with Gasteiger partial charge in [-0.1, -0.05) is 44.9 Å². The molecule has 1 aliphatic rings. The number of hydrogen-bond acceptors (Lipinski definition) is 0. The highest BCUT2D eigenvalue weighted by molar-refractivity contribution is 4.93. The predicted octanol–water partition coefficient (Wildman–Crippen LogP) is 5.36. The van der Waals surface area contributed by atoms with Crippen molar-refractivity contribution in [1.82, 2.24) is 0 Å². The van der Waals surface area contributed by atoms with E-state index in [2.05, 4.69) is 38.7 Å². The molecule has 1 atom stereocenters. The molecule has 0 amide bonds. The zero-order valence-corrected chi connectivity index (χ0v) is 11.1. The molecule has 1 saturated carbocycles. The molecule has 0 heteroatoms. The molecule has 0 aromatic rings. The molecule has 0 heterocycles. The Morgan fingerprint density at radius 2 is 1.94 bits per heavy atom. The molecular formula is C16H28. The molecule has 1 aliphatic carbocycles. The van der Waals surface area contributed by atoms with Gasteiger partial charge in [-0.2, -0.15) is 0 Å². The Morgan fingerprint density at radius 3 is 2.50 bits per heavy atom. The minimum Gasteiger partial charge on any atom is -0.103 e. The van der Waals surface area contributed by atoms with Crippen LogP contribution >= 0.6 is 0 Å². The van der Waals surface area contributed by atoms with Crippen LogP contribution in [0.5, 0.6) is 0 Å². The minimum atomic E-state index is 0.811. The second-order valence-electron chi connectivity index (χ2n) is 5.39. The summed E-state index contributed by atoms with van der Waals surface area (Å²) in [6.07, 6.45) is 16.3. The molecule has 1 fully saturated rings. The van der Waals surface area contributed by atoms with Gasteiger partial charge in [-0.25, -0.2) is 0 Å². The van der Waals surface area contributed by atoms with Crippen molar-refractivity contribution in [2.24, 2.45) is 17.8 Å². The molecule has 16 heavy (non-hydrogen) atoms. The maximum Gasteiger partial charge on any atom is -0.0202 e. The van der Waals surface area contributed by atoms with E-state index in [1.807, 2.05) is 0 Å². The Morgan fingerprint density at radius 1 is 1.25 bits per heavy atom. The van der Waals surface area contributed by atoms with E-state index in [1.165, 1.54) is 44.9 Å². The van der Waals surface area contributed by atoms with Gasteiger partial charge in [0.15, 0.2) is 0 Å². The minimum absolute atomic E-state index is 0.811. The van der Waals surface area contributed by atoms with Gasteiger partial charge >= 0.3 is 0 Å². The van der Waals surface area contributed by atoms with E-state index in [0.29, 0.717) is 0 Å². The summed E-state index contributed by atoms with van der Waals surface area (Å²) in [7, 11) is 0. The van der Waals surface area contributed by atoms with Gasteiger partial charge in [0, 0.05) is 0 Å². The highest BCUT2D eigenvalue weighted by atomic mass is 14.3. The summed E-state index contributed by atoms with van der Waals surface area (Å²) in [5.74, 6) is 2.72. The van der Waals surface area contributed by atoms with Crippen LogP contribution in [-0.2, 0) is 0 Å². The first kappa shape index (κ1) is 13.5. The van der Waals surface area contributed by atoms with E-state index in [0.717, 1.165) is 17.8 Å². The molecule has 92 valence electrons. The van der Waals surface area contributed by atoms with Gasteiger partial charge in [0.2, 0.25) is 0 Å². The number of allylic oxidation sites excluding steroid dienone is 3. The molecule has 0 N–H and O–H groups in total. The molecule has 0 nitrogen and oxygen atoms in total. The Hall–Kier alpha value is -0.520. The Kier molecular flexibility index (Phi) is 6.52. The molecule has 0 spiro atoms. The van der Waals surface area contributed by atoms with Crippen LogP contribution in [-0.4, -0.2) is 0 Å². The lowest BCUT2D eigenvalue weighted by Gasteiger charge is -2.31. The van der Waals surface area contributed by atoms with E-state index < -0.39 is 0 Å². The number of rotatable bonds is 6. The predicted molar refractivity (Wildman–Crippen MR) is 73.5 cm³/mol. The first-order valence-electron chi connectivity index (χ1n) is 7.05. The van der Waals surface area contributed by atoms with Gasteiger partial charge in [0.05, 0.1) is 0 Å². The van der Waals surface area contributed by atoms with Crippen molar-refractivity contribution in [1.29, 1.82) is 0 Å². The van der Waals surface area contributed by atoms with Gasteiger partial charge in [-0.3, -0.25) is 0 Å². The molecule has 0 bridgehead atoms. The lowest BCUT2D eigenvalue weighted by atomic mass is 9.75. The molecule has 1 unspecified atom stereocenters. The van der Waals surface area contributed by atoms with Crippen LogP contribution in [0, 0.1) is 17.8 Å². The van der Waals surface area contributed by atoms with Crippen molar-refractivity contribution in [3.63, 3.8) is 0 Å². The average molecular weight is 220 g/mol. The highest BCUT2D eigenvalue weighted by Crippen LogP contribution is 2.35. The van der Waals surface area contributed by atoms with Crippen LogP contribution in [0.4, 0.5) is 0 Å². The largest absolute Gasteiger partial charge is 0.103 e. The first-order valence-corrected chi connectivity index (χ1v) is 7.05. The van der Waals surface area contributed by atoms with Gasteiger partial charge < -0.3 is 0 Å². The fourth-order valence-corrected chi connectivity index (χ4v) is 2.82. The van der Waals surface area contributed by atoms with Crippen LogP contribution in [0.3, 0.4) is 0 Å². The summed E-state index contributed by atoms with van der Waals surface area (Å²) in [4.78, 5) is 0. The van der Waals surface area contributed by atoms with Gasteiger partial charge in [-0.15, -0.1) is 6.58 Å². The van der Waals surface area contributed by atoms with Gasteiger partial charge in [-0.05, 0) is 49.9 Å². The first-order chi connectivity index (χ1) is 7.77. The summed E-state index contributed by atoms with van der Waals surface area (Å²) in [5.41, 5.74) is 0. The van der Waals surface area contributed by atoms with E-state index in [4.69, 9.17) is 0 Å². The molecule has 0 aromatic heterocycles. The van der Waals surface area contributed by atoms with E-state index >= 15 is 0 Å². The zero-order valence-electron chi connectivity index (χ0n) is 11.1. The van der Waals surface area contributed by atoms with Crippen molar-refractivity contribution in [2.75, 3.05) is 0 Å². The Bertz CT molecular complexity index is 206. The van der Waals surface area contributed by atoms with Crippen LogP contribution in [0.25, 0.3) is 0 Å². The molecule has 0 aliphatic heterocycles. The normalized spacial score (nSPS) is 28.1. The van der Waals surface area contributed by atoms with E-state index in [9.17, 15) is 0 Å². The lowest BCUT2D eigenvalue weighted by molar-refractivity contribution is 0.233. The fraction of sp³-hybridized carbons (Fsp3) is 0.750. The van der Waals surface area contributed by atoms with Gasteiger partial charge in [0.1, 0.15) is 0 Å². The third-order valence-electron chi connectivity index (χ3n) is 3.99. The van der Waals surface area contributed by atoms with Crippen LogP contribution in [0.2, 0.25) is 0 Å². The number of hydrogen-bond donors (Lipinski definition) is 0. The topological polar surface area (TPSA) is 0 Å². The second-order valence-corrected chi connectivity index (χ2v) is 5.39. The average Bonchev–Trinajstić information content (AvgIpc) is 2.31. The van der Waals surface area contributed by atoms with Crippen molar-refractivity contribution >= 4 is 0 Å². The molecular weight excluding hydrogens is 192 g/mol. The standard InChI is InChI=1S/C16H28/c1-4-6-8-15(9-7-5-2)16-12-10-14(3)11-13-16/h4,7,9,14-16H,1,5-6,8,10-13H2,2-3H3/b9-7-. The quantitative estimate of drug-likeness (QED) is 0.528. The fourth-order valence-electron chi connectivity index (χ4n) is 2.82. The van der Waals surface area contributed by atoms with E-state index in [-0.39, 0.29) is 0 Å². The van der Waals surface area contributed by atoms with Crippen molar-refractivity contribution in [2.45, 2.75) is 58.8 Å². The monoisotopic (exact) mass is 220 g/mol. The summed E-state index contributed by atoms with van der Waals surface area (Å²) in [6, 6.07) is 0. The molecule has 1 rings (SSSR count). The maximum absolute atomic E-state index is 3.85. The highest BCUT2D eigenvalue weighted by Gasteiger charge is 2.23. The van der Waals surface area contributed by atoms with Crippen LogP contribution in [0.15, 0.2) is 24.8 Å². The summed E-state index contributed by atoms with van der Waals surface area (Å²) < 4.78 is 0. The van der Waals surface area contributed by atoms with Gasteiger partial charge in [0.25, 0.3) is 0 Å². The van der Waals surface area contributed by atoms with Crippen LogP contribution in [0.1, 0.15) is 58.8 Å². The Labute approximate surface area is 102 Å². The second kappa shape index (κ2) is 7.70. The zero-order chi connectivity index (χ0) is 11.8. The van der Waals surface area contributed by atoms with Crippen molar-refractivity contribution in [3.8, 4) is 0 Å². The summed E-state index contributed by atoms with van der Waals surface area (Å²) in [6.45, 7) is 8.47. The van der Waals surface area contributed by atoms with Crippen LogP contribution < -0.4 is 0 Å². The third-order valence-corrected chi connectivity index (χ3v) is 3.99. The van der Waals surface area contributed by atoms with Crippen molar-refractivity contribution < 1.29 is 0 Å². The van der Waals surface area contributed by atoms with E-state index in [1.54, 1.807) is 0 Å². The Balaban J connectivity index is 2.46. The molecule has 0 saturated heterocycles. The molecule has 0 radical (unpaired) electrons. The SMILES string of the molecule is C=CCCC(/C=C\CC)C1CCC(C)CC1. The lowest BCUT2D eigenvalue weighted by Crippen LogP contribution is -2.19. The smallest absolute Gasteiger partial charge is 0.0202 e. The summed E-state index contributed by atoms with van der Waals surface area (Å²) in [5, 5.41) is 0. The maximum atomic E-state index is 3.85. The summed E-state index contributed by atoms with van der Waals surface area (Å²) >= 11 is 0.